The highest BCUT2D eigenvalue weighted by Crippen LogP contribution is 2.32. The van der Waals surface area contributed by atoms with E-state index in [1.807, 2.05) is 0 Å². The van der Waals surface area contributed by atoms with Gasteiger partial charge in [-0.1, -0.05) is 17.7 Å². The molecule has 0 bridgehead atoms. The van der Waals surface area contributed by atoms with E-state index in [0.29, 0.717) is 5.56 Å². The van der Waals surface area contributed by atoms with Crippen LogP contribution in [0, 0.1) is 5.82 Å². The Bertz CT molecular complexity index is 301. The minimum Gasteiger partial charge on any atom is -0.506 e. The molecule has 0 aliphatic carbocycles. The number of rotatable bonds is 1. The normalized spacial score (nSPS) is 13.0. The second kappa shape index (κ2) is 3.29. The molecular weight excluding hydrogens is 181 g/mol. The first-order valence-electron chi connectivity index (χ1n) is 3.46. The second-order valence-electron chi connectivity index (χ2n) is 2.59. The fraction of sp³-hybridized carbons (Fsp3) is 0.250. The van der Waals surface area contributed by atoms with Crippen LogP contribution >= 0.6 is 11.6 Å². The van der Waals surface area contributed by atoms with Gasteiger partial charge in [-0.05, 0) is 13.0 Å². The zero-order valence-corrected chi connectivity index (χ0v) is 7.27. The lowest BCUT2D eigenvalue weighted by Gasteiger charge is -2.09. The average Bonchev–Trinajstić information content (AvgIpc) is 2.00. The van der Waals surface area contributed by atoms with Gasteiger partial charge in [-0.2, -0.15) is 0 Å². The number of phenolic OH excluding ortho intramolecular Hbond substituents is 1. The van der Waals surface area contributed by atoms with E-state index in [-0.39, 0.29) is 16.8 Å². The lowest BCUT2D eigenvalue weighted by atomic mass is 10.1. The van der Waals surface area contributed by atoms with Gasteiger partial charge in [0.2, 0.25) is 0 Å². The first-order chi connectivity index (χ1) is 5.54. The molecule has 1 atom stereocenters. The molecule has 0 aromatic heterocycles. The monoisotopic (exact) mass is 189 g/mol. The van der Waals surface area contributed by atoms with Gasteiger partial charge < -0.3 is 10.8 Å². The predicted molar refractivity (Wildman–Crippen MR) is 45.7 cm³/mol. The molecule has 12 heavy (non-hydrogen) atoms. The number of hydrogen-bond acceptors (Lipinski definition) is 2. The number of aromatic hydroxyl groups is 1. The zero-order chi connectivity index (χ0) is 9.30. The van der Waals surface area contributed by atoms with Gasteiger partial charge in [0, 0.05) is 11.6 Å². The fourth-order valence-corrected chi connectivity index (χ4v) is 1.09. The Labute approximate surface area is 74.8 Å². The number of benzene rings is 1. The van der Waals surface area contributed by atoms with Crippen molar-refractivity contribution in [1.29, 1.82) is 0 Å². The maximum absolute atomic E-state index is 12.7. The van der Waals surface area contributed by atoms with Crippen molar-refractivity contribution in [3.05, 3.63) is 28.5 Å². The largest absolute Gasteiger partial charge is 0.506 e. The molecule has 3 N–H and O–H groups in total. The van der Waals surface area contributed by atoms with Crippen LogP contribution in [0.4, 0.5) is 4.39 Å². The Kier molecular flexibility index (Phi) is 2.55. The van der Waals surface area contributed by atoms with Crippen LogP contribution < -0.4 is 5.73 Å². The van der Waals surface area contributed by atoms with Crippen LogP contribution in [0.5, 0.6) is 5.75 Å². The van der Waals surface area contributed by atoms with E-state index >= 15 is 0 Å². The van der Waals surface area contributed by atoms with Crippen molar-refractivity contribution < 1.29 is 9.50 Å². The molecule has 0 saturated heterocycles. The van der Waals surface area contributed by atoms with Crippen LogP contribution in [-0.2, 0) is 0 Å². The molecule has 0 saturated carbocycles. The molecule has 0 spiro atoms. The lowest BCUT2D eigenvalue weighted by molar-refractivity contribution is 0.458. The minimum absolute atomic E-state index is 0.272. The summed E-state index contributed by atoms with van der Waals surface area (Å²) in [4.78, 5) is 0. The van der Waals surface area contributed by atoms with E-state index in [4.69, 9.17) is 17.3 Å². The smallest absolute Gasteiger partial charge is 0.145 e. The van der Waals surface area contributed by atoms with Crippen molar-refractivity contribution in [2.24, 2.45) is 5.73 Å². The average molecular weight is 190 g/mol. The summed E-state index contributed by atoms with van der Waals surface area (Å²) in [5.41, 5.74) is 5.94. The summed E-state index contributed by atoms with van der Waals surface area (Å²) in [6.45, 7) is 1.68. The quantitative estimate of drug-likeness (QED) is 0.712. The summed E-state index contributed by atoms with van der Waals surface area (Å²) in [6, 6.07) is 2.24. The first-order valence-corrected chi connectivity index (χ1v) is 3.84. The maximum atomic E-state index is 12.7. The van der Waals surface area contributed by atoms with Crippen LogP contribution in [0.3, 0.4) is 0 Å². The SMILES string of the molecule is C[C@H](N)c1ccc(F)c(Cl)c1O. The summed E-state index contributed by atoms with van der Waals surface area (Å²) in [5, 5.41) is 9.02. The van der Waals surface area contributed by atoms with E-state index < -0.39 is 5.82 Å². The van der Waals surface area contributed by atoms with Crippen LogP contribution in [0.2, 0.25) is 5.02 Å². The summed E-state index contributed by atoms with van der Waals surface area (Å²) < 4.78 is 12.7. The highest BCUT2D eigenvalue weighted by molar-refractivity contribution is 6.32. The van der Waals surface area contributed by atoms with E-state index in [1.54, 1.807) is 6.92 Å². The molecule has 0 aliphatic heterocycles. The molecule has 0 unspecified atom stereocenters. The minimum atomic E-state index is -0.640. The van der Waals surface area contributed by atoms with Crippen molar-refractivity contribution in [3.63, 3.8) is 0 Å². The van der Waals surface area contributed by atoms with Gasteiger partial charge in [-0.3, -0.25) is 0 Å². The predicted octanol–water partition coefficient (Wildman–Crippen LogP) is 2.20. The molecule has 1 aromatic carbocycles. The second-order valence-corrected chi connectivity index (χ2v) is 2.97. The fourth-order valence-electron chi connectivity index (χ4n) is 0.922. The molecule has 0 amide bonds. The summed E-state index contributed by atoms with van der Waals surface area (Å²) >= 11 is 5.45. The Hall–Kier alpha value is -0.800. The Morgan fingerprint density at radius 3 is 2.67 bits per heavy atom. The lowest BCUT2D eigenvalue weighted by Crippen LogP contribution is -2.05. The van der Waals surface area contributed by atoms with Crippen LogP contribution in [0.15, 0.2) is 12.1 Å². The van der Waals surface area contributed by atoms with Crippen molar-refractivity contribution in [2.45, 2.75) is 13.0 Å². The van der Waals surface area contributed by atoms with Gasteiger partial charge in [0.25, 0.3) is 0 Å². The molecule has 0 fully saturated rings. The van der Waals surface area contributed by atoms with Crippen LogP contribution in [0.25, 0.3) is 0 Å². The maximum Gasteiger partial charge on any atom is 0.145 e. The number of nitrogens with two attached hydrogens (primary N) is 1. The molecule has 4 heteroatoms. The Morgan fingerprint density at radius 1 is 1.58 bits per heavy atom. The van der Waals surface area contributed by atoms with Crippen molar-refractivity contribution >= 4 is 11.6 Å². The summed E-state index contributed by atoms with van der Waals surface area (Å²) in [6.07, 6.45) is 0. The standard InChI is InChI=1S/C8H9ClFNO/c1-4(11)5-2-3-6(10)7(9)8(5)12/h2-4,12H,11H2,1H3/t4-/m0/s1. The molecular formula is C8H9ClFNO. The van der Waals surface area contributed by atoms with Crippen molar-refractivity contribution in [3.8, 4) is 5.75 Å². The first kappa shape index (κ1) is 9.29. The van der Waals surface area contributed by atoms with Gasteiger partial charge in [0.05, 0.1) is 0 Å². The molecule has 0 aliphatic rings. The molecule has 1 aromatic rings. The number of hydrogen-bond donors (Lipinski definition) is 2. The topological polar surface area (TPSA) is 46.2 Å². The third kappa shape index (κ3) is 1.52. The summed E-state index contributed by atoms with van der Waals surface area (Å²) in [7, 11) is 0. The van der Waals surface area contributed by atoms with Crippen LogP contribution in [0.1, 0.15) is 18.5 Å². The van der Waals surface area contributed by atoms with Gasteiger partial charge in [-0.25, -0.2) is 4.39 Å². The molecule has 1 rings (SSSR count). The Balaban J connectivity index is 3.27. The van der Waals surface area contributed by atoms with Crippen molar-refractivity contribution in [1.82, 2.24) is 0 Å². The molecule has 66 valence electrons. The van der Waals surface area contributed by atoms with E-state index in [2.05, 4.69) is 0 Å². The number of phenols is 1. The van der Waals surface area contributed by atoms with Gasteiger partial charge in [0.1, 0.15) is 16.6 Å². The van der Waals surface area contributed by atoms with Crippen LogP contribution in [-0.4, -0.2) is 5.11 Å². The Morgan fingerprint density at radius 2 is 2.17 bits per heavy atom. The van der Waals surface area contributed by atoms with Gasteiger partial charge in [-0.15, -0.1) is 0 Å². The highest BCUT2D eigenvalue weighted by Gasteiger charge is 2.12. The number of halogens is 2. The van der Waals surface area contributed by atoms with Crippen molar-refractivity contribution in [2.75, 3.05) is 0 Å². The third-order valence-corrected chi connectivity index (χ3v) is 1.95. The van der Waals surface area contributed by atoms with Gasteiger partial charge >= 0.3 is 0 Å². The molecule has 2 nitrogen and oxygen atoms in total. The molecule has 0 heterocycles. The van der Waals surface area contributed by atoms with E-state index in [9.17, 15) is 9.50 Å². The van der Waals surface area contributed by atoms with Gasteiger partial charge in [0.15, 0.2) is 0 Å². The van der Waals surface area contributed by atoms with E-state index in [0.717, 1.165) is 0 Å². The van der Waals surface area contributed by atoms with E-state index in [1.165, 1.54) is 12.1 Å². The highest BCUT2D eigenvalue weighted by atomic mass is 35.5. The summed E-state index contributed by atoms with van der Waals surface area (Å²) in [5.74, 6) is -0.912. The third-order valence-electron chi connectivity index (χ3n) is 1.59. The molecule has 0 radical (unpaired) electrons. The zero-order valence-electron chi connectivity index (χ0n) is 6.51.